The molecule has 6 nitrogen and oxygen atoms in total. The summed E-state index contributed by atoms with van der Waals surface area (Å²) in [5, 5.41) is 2.76. The van der Waals surface area contributed by atoms with Gasteiger partial charge in [-0.05, 0) is 54.8 Å². The molecule has 1 atom stereocenters. The van der Waals surface area contributed by atoms with Gasteiger partial charge in [0.1, 0.15) is 5.37 Å². The van der Waals surface area contributed by atoms with Crippen LogP contribution in [0.4, 0.5) is 5.69 Å². The Bertz CT molecular complexity index is 1160. The highest BCUT2D eigenvalue weighted by Crippen LogP contribution is 2.38. The summed E-state index contributed by atoms with van der Waals surface area (Å²) in [6, 6.07) is 24.1. The second kappa shape index (κ2) is 11.0. The molecule has 7 heteroatoms. The van der Waals surface area contributed by atoms with Crippen molar-refractivity contribution in [1.82, 2.24) is 4.90 Å². The summed E-state index contributed by atoms with van der Waals surface area (Å²) in [5.41, 5.74) is 3.59. The molecule has 174 valence electrons. The zero-order valence-electron chi connectivity index (χ0n) is 18.9. The number of rotatable bonds is 8. The molecule has 1 aliphatic rings. The Labute approximate surface area is 203 Å². The summed E-state index contributed by atoms with van der Waals surface area (Å²) in [5.74, 6) is -0.111. The molecule has 1 fully saturated rings. The molecule has 0 radical (unpaired) electrons. The van der Waals surface area contributed by atoms with E-state index < -0.39 is 5.97 Å². The van der Waals surface area contributed by atoms with Crippen molar-refractivity contribution in [2.45, 2.75) is 18.7 Å². The Balaban J connectivity index is 1.41. The smallest absolute Gasteiger partial charge is 0.338 e. The van der Waals surface area contributed by atoms with E-state index in [1.807, 2.05) is 35.2 Å². The van der Waals surface area contributed by atoms with Crippen molar-refractivity contribution in [1.29, 1.82) is 0 Å². The van der Waals surface area contributed by atoms with Crippen LogP contribution in [0.25, 0.3) is 0 Å². The lowest BCUT2D eigenvalue weighted by molar-refractivity contribution is -0.128. The number of nitrogens with zero attached hydrogens (tertiary/aromatic N) is 1. The molecular weight excluding hydrogens is 448 g/mol. The third-order valence-electron chi connectivity index (χ3n) is 5.54. The molecule has 1 unspecified atom stereocenters. The summed E-state index contributed by atoms with van der Waals surface area (Å²) >= 11 is 1.60. The van der Waals surface area contributed by atoms with Crippen LogP contribution in [0, 0.1) is 0 Å². The van der Waals surface area contributed by atoms with E-state index in [2.05, 4.69) is 17.4 Å². The van der Waals surface area contributed by atoms with Crippen molar-refractivity contribution in [3.63, 3.8) is 0 Å². The van der Waals surface area contributed by atoms with Crippen molar-refractivity contribution in [3.05, 3.63) is 101 Å². The summed E-state index contributed by atoms with van der Waals surface area (Å²) in [4.78, 5) is 39.1. The second-order valence-electron chi connectivity index (χ2n) is 7.86. The first kappa shape index (κ1) is 23.6. The minimum atomic E-state index is -0.427. The van der Waals surface area contributed by atoms with Crippen LogP contribution in [0.2, 0.25) is 0 Å². The van der Waals surface area contributed by atoms with Crippen molar-refractivity contribution >= 4 is 35.2 Å². The maximum atomic E-state index is 12.7. The number of anilines is 1. The topological polar surface area (TPSA) is 75.7 Å². The number of hydrogen-bond acceptors (Lipinski definition) is 5. The molecule has 0 saturated carbocycles. The van der Waals surface area contributed by atoms with Gasteiger partial charge in [-0.15, -0.1) is 11.8 Å². The Morgan fingerprint density at radius 2 is 1.76 bits per heavy atom. The van der Waals surface area contributed by atoms with Gasteiger partial charge < -0.3 is 15.0 Å². The molecule has 0 aromatic heterocycles. The zero-order chi connectivity index (χ0) is 23.9. The van der Waals surface area contributed by atoms with E-state index in [0.717, 1.165) is 12.0 Å². The van der Waals surface area contributed by atoms with Crippen LogP contribution < -0.4 is 5.32 Å². The van der Waals surface area contributed by atoms with Crippen LogP contribution in [0.3, 0.4) is 0 Å². The zero-order valence-corrected chi connectivity index (χ0v) is 19.7. The van der Waals surface area contributed by atoms with Gasteiger partial charge in [-0.25, -0.2) is 4.79 Å². The van der Waals surface area contributed by atoms with Crippen LogP contribution in [0.5, 0.6) is 0 Å². The molecule has 1 saturated heterocycles. The van der Waals surface area contributed by atoms with Crippen LogP contribution in [0.1, 0.15) is 44.1 Å². The number of carbonyl (C=O) groups is 3. The maximum absolute atomic E-state index is 12.7. The highest BCUT2D eigenvalue weighted by Gasteiger charge is 2.32. The lowest BCUT2D eigenvalue weighted by atomic mass is 10.1. The second-order valence-corrected chi connectivity index (χ2v) is 8.93. The highest BCUT2D eigenvalue weighted by molar-refractivity contribution is 8.00. The molecule has 3 aromatic carbocycles. The fourth-order valence-corrected chi connectivity index (χ4v) is 5.03. The standard InChI is InChI=1S/C27H26N2O4S/c1-2-33-27(32)22-9-6-10-23(17-22)28-25(31)20-11-13-21(14-12-20)26-29(24(30)18-34-26)16-15-19-7-4-3-5-8-19/h3-14,17,26H,2,15-16,18H2,1H3,(H,28,31). The Morgan fingerprint density at radius 3 is 2.50 bits per heavy atom. The molecule has 0 aliphatic carbocycles. The lowest BCUT2D eigenvalue weighted by Crippen LogP contribution is -2.30. The number of ether oxygens (including phenoxy) is 1. The molecule has 1 heterocycles. The summed E-state index contributed by atoms with van der Waals surface area (Å²) in [7, 11) is 0. The van der Waals surface area contributed by atoms with Gasteiger partial charge in [-0.2, -0.15) is 0 Å². The molecule has 1 N–H and O–H groups in total. The van der Waals surface area contributed by atoms with Gasteiger partial charge >= 0.3 is 5.97 Å². The number of carbonyl (C=O) groups excluding carboxylic acids is 3. The summed E-state index contributed by atoms with van der Waals surface area (Å²) in [6.07, 6.45) is 0.801. The molecule has 34 heavy (non-hydrogen) atoms. The van der Waals surface area contributed by atoms with Crippen molar-refractivity contribution in [3.8, 4) is 0 Å². The van der Waals surface area contributed by atoms with E-state index in [1.54, 1.807) is 55.1 Å². The van der Waals surface area contributed by atoms with Gasteiger partial charge in [0.25, 0.3) is 5.91 Å². The van der Waals surface area contributed by atoms with Crippen LogP contribution in [0.15, 0.2) is 78.9 Å². The van der Waals surface area contributed by atoms with Crippen molar-refractivity contribution < 1.29 is 19.1 Å². The molecule has 3 aromatic rings. The van der Waals surface area contributed by atoms with E-state index in [1.165, 1.54) is 5.56 Å². The minimum Gasteiger partial charge on any atom is -0.462 e. The lowest BCUT2D eigenvalue weighted by Gasteiger charge is -2.24. The van der Waals surface area contributed by atoms with E-state index in [0.29, 0.717) is 29.1 Å². The third-order valence-corrected chi connectivity index (χ3v) is 6.80. The van der Waals surface area contributed by atoms with Gasteiger partial charge in [0.15, 0.2) is 0 Å². The number of esters is 1. The first-order chi connectivity index (χ1) is 16.5. The molecule has 0 spiro atoms. The largest absolute Gasteiger partial charge is 0.462 e. The Morgan fingerprint density at radius 1 is 1.00 bits per heavy atom. The third kappa shape index (κ3) is 5.66. The van der Waals surface area contributed by atoms with E-state index in [-0.39, 0.29) is 23.8 Å². The van der Waals surface area contributed by atoms with Gasteiger partial charge in [0.2, 0.25) is 5.91 Å². The van der Waals surface area contributed by atoms with Gasteiger partial charge in [0.05, 0.1) is 17.9 Å². The molecule has 2 amide bonds. The monoisotopic (exact) mass is 474 g/mol. The maximum Gasteiger partial charge on any atom is 0.338 e. The Hall–Kier alpha value is -3.58. The number of thioether (sulfide) groups is 1. The molecule has 0 bridgehead atoms. The molecular formula is C27H26N2O4S. The fraction of sp³-hybridized carbons (Fsp3) is 0.222. The van der Waals surface area contributed by atoms with Crippen LogP contribution >= 0.6 is 11.8 Å². The van der Waals surface area contributed by atoms with E-state index in [4.69, 9.17) is 4.74 Å². The van der Waals surface area contributed by atoms with Crippen LogP contribution in [-0.4, -0.2) is 41.6 Å². The van der Waals surface area contributed by atoms with Crippen molar-refractivity contribution in [2.75, 3.05) is 24.2 Å². The molecule has 4 rings (SSSR count). The SMILES string of the molecule is CCOC(=O)c1cccc(NC(=O)c2ccc(C3SCC(=O)N3CCc3ccccc3)cc2)c1. The van der Waals surface area contributed by atoms with E-state index >= 15 is 0 Å². The minimum absolute atomic E-state index is 0.0606. The molecule has 1 aliphatic heterocycles. The van der Waals surface area contributed by atoms with Crippen molar-refractivity contribution in [2.24, 2.45) is 0 Å². The van der Waals surface area contributed by atoms with E-state index in [9.17, 15) is 14.4 Å². The number of nitrogens with one attached hydrogen (secondary N) is 1. The average molecular weight is 475 g/mol. The Kier molecular flexibility index (Phi) is 7.65. The van der Waals surface area contributed by atoms with Gasteiger partial charge in [0, 0.05) is 17.8 Å². The predicted molar refractivity (Wildman–Crippen MR) is 134 cm³/mol. The average Bonchev–Trinajstić information content (AvgIpc) is 3.24. The first-order valence-electron chi connectivity index (χ1n) is 11.2. The first-order valence-corrected chi connectivity index (χ1v) is 12.2. The summed E-state index contributed by atoms with van der Waals surface area (Å²) in [6.45, 7) is 2.69. The van der Waals surface area contributed by atoms with Gasteiger partial charge in [-0.1, -0.05) is 48.5 Å². The predicted octanol–water partition coefficient (Wildman–Crippen LogP) is 4.93. The number of hydrogen-bond donors (Lipinski definition) is 1. The normalized spacial score (nSPS) is 15.3. The van der Waals surface area contributed by atoms with Crippen LogP contribution in [-0.2, 0) is 16.0 Å². The summed E-state index contributed by atoms with van der Waals surface area (Å²) < 4.78 is 5.01. The quantitative estimate of drug-likeness (QED) is 0.469. The van der Waals surface area contributed by atoms with Gasteiger partial charge in [-0.3, -0.25) is 9.59 Å². The number of benzene rings is 3. The number of amides is 2. The fourth-order valence-electron chi connectivity index (χ4n) is 3.81. The highest BCUT2D eigenvalue weighted by atomic mass is 32.2.